The average Bonchev–Trinajstić information content (AvgIpc) is 3.12. The number of aryl methyl sites for hydroxylation is 1. The fraction of sp³-hybridized carbons (Fsp3) is 0.312. The second kappa shape index (κ2) is 6.27. The highest BCUT2D eigenvalue weighted by atomic mass is 32.1. The molecule has 0 spiro atoms. The lowest BCUT2D eigenvalue weighted by atomic mass is 10.2. The van der Waals surface area contributed by atoms with Gasteiger partial charge in [-0.1, -0.05) is 43.4 Å². The number of nitrogens with zero attached hydrogens (tertiary/aromatic N) is 3. The van der Waals surface area contributed by atoms with Gasteiger partial charge in [0.25, 0.3) is 0 Å². The molecule has 2 aromatic heterocycles. The van der Waals surface area contributed by atoms with Crippen molar-refractivity contribution in [3.05, 3.63) is 41.5 Å². The highest BCUT2D eigenvalue weighted by Crippen LogP contribution is 2.22. The Balaban J connectivity index is 1.60. The smallest absolute Gasteiger partial charge is 0.227 e. The Morgan fingerprint density at radius 3 is 2.86 bits per heavy atom. The van der Waals surface area contributed by atoms with Crippen molar-refractivity contribution in [1.29, 1.82) is 0 Å². The van der Waals surface area contributed by atoms with E-state index < -0.39 is 0 Å². The van der Waals surface area contributed by atoms with E-state index in [1.54, 1.807) is 0 Å². The van der Waals surface area contributed by atoms with Crippen molar-refractivity contribution < 1.29 is 4.79 Å². The second-order valence-corrected chi connectivity index (χ2v) is 6.48. The van der Waals surface area contributed by atoms with Gasteiger partial charge in [0.15, 0.2) is 0 Å². The van der Waals surface area contributed by atoms with E-state index in [0.29, 0.717) is 24.0 Å². The number of para-hydroxylation sites is 1. The zero-order valence-corrected chi connectivity index (χ0v) is 13.4. The van der Waals surface area contributed by atoms with Crippen LogP contribution in [0.5, 0.6) is 0 Å². The first-order valence-electron chi connectivity index (χ1n) is 7.30. The molecule has 0 saturated heterocycles. The number of benzene rings is 1. The Bertz CT molecular complexity index is 790. The first-order valence-corrected chi connectivity index (χ1v) is 8.12. The minimum absolute atomic E-state index is 0.0377. The topological polar surface area (TPSA) is 59.8 Å². The zero-order valence-electron chi connectivity index (χ0n) is 12.6. The summed E-state index contributed by atoms with van der Waals surface area (Å²) in [6.07, 6.45) is 2.43. The van der Waals surface area contributed by atoms with Gasteiger partial charge in [-0.2, -0.15) is 0 Å². The summed E-state index contributed by atoms with van der Waals surface area (Å²) in [5.41, 5.74) is 1.15. The number of nitrogens with one attached hydrogen (secondary N) is 1. The molecule has 1 N–H and O–H groups in total. The predicted molar refractivity (Wildman–Crippen MR) is 89.2 cm³/mol. The number of anilines is 1. The quantitative estimate of drug-likeness (QED) is 0.782. The molecule has 114 valence electrons. The molecule has 5 nitrogen and oxygen atoms in total. The number of carbonyl (C=O) groups excluding carboxylic acids is 1. The van der Waals surface area contributed by atoms with E-state index in [9.17, 15) is 4.79 Å². The highest BCUT2D eigenvalue weighted by Gasteiger charge is 2.10. The summed E-state index contributed by atoms with van der Waals surface area (Å²) in [7, 11) is 0. The van der Waals surface area contributed by atoms with Crippen molar-refractivity contribution in [2.24, 2.45) is 0 Å². The molecule has 22 heavy (non-hydrogen) atoms. The summed E-state index contributed by atoms with van der Waals surface area (Å²) in [6, 6.07) is 10.2. The lowest BCUT2D eigenvalue weighted by Crippen LogP contribution is -2.14. The summed E-state index contributed by atoms with van der Waals surface area (Å²) >= 11 is 1.43. The number of hydrogen-bond acceptors (Lipinski definition) is 4. The van der Waals surface area contributed by atoms with E-state index in [-0.39, 0.29) is 5.91 Å². The van der Waals surface area contributed by atoms with Crippen LogP contribution in [0.25, 0.3) is 10.9 Å². The van der Waals surface area contributed by atoms with Crippen LogP contribution in [0.2, 0.25) is 0 Å². The van der Waals surface area contributed by atoms with Gasteiger partial charge < -0.3 is 9.88 Å². The van der Waals surface area contributed by atoms with Crippen LogP contribution in [-0.4, -0.2) is 20.7 Å². The largest absolute Gasteiger partial charge is 0.347 e. The van der Waals surface area contributed by atoms with Gasteiger partial charge in [0.05, 0.1) is 0 Å². The molecule has 0 atom stereocenters. The van der Waals surface area contributed by atoms with Crippen LogP contribution in [0.1, 0.15) is 31.2 Å². The van der Waals surface area contributed by atoms with Crippen LogP contribution in [0.3, 0.4) is 0 Å². The highest BCUT2D eigenvalue weighted by molar-refractivity contribution is 7.15. The summed E-state index contributed by atoms with van der Waals surface area (Å²) < 4.78 is 2.09. The zero-order chi connectivity index (χ0) is 15.5. The Morgan fingerprint density at radius 1 is 1.27 bits per heavy atom. The maximum Gasteiger partial charge on any atom is 0.227 e. The van der Waals surface area contributed by atoms with Crippen LogP contribution in [-0.2, 0) is 11.3 Å². The molecule has 0 radical (unpaired) electrons. The van der Waals surface area contributed by atoms with Crippen molar-refractivity contribution in [2.45, 2.75) is 32.7 Å². The third kappa shape index (κ3) is 3.17. The van der Waals surface area contributed by atoms with E-state index in [1.165, 1.54) is 16.7 Å². The van der Waals surface area contributed by atoms with Gasteiger partial charge in [0.2, 0.25) is 11.0 Å². The minimum atomic E-state index is -0.0377. The fourth-order valence-electron chi connectivity index (χ4n) is 2.26. The molecule has 2 heterocycles. The molecule has 0 saturated carbocycles. The third-order valence-electron chi connectivity index (χ3n) is 3.44. The van der Waals surface area contributed by atoms with Gasteiger partial charge >= 0.3 is 0 Å². The molecule has 6 heteroatoms. The Morgan fingerprint density at radius 2 is 2.09 bits per heavy atom. The Hall–Kier alpha value is -2.21. The minimum Gasteiger partial charge on any atom is -0.347 e. The van der Waals surface area contributed by atoms with Gasteiger partial charge in [-0.15, -0.1) is 10.2 Å². The van der Waals surface area contributed by atoms with Crippen LogP contribution in [0.4, 0.5) is 5.13 Å². The Labute approximate surface area is 133 Å². The summed E-state index contributed by atoms with van der Waals surface area (Å²) in [4.78, 5) is 12.0. The predicted octanol–water partition coefficient (Wildman–Crippen LogP) is 3.65. The van der Waals surface area contributed by atoms with Gasteiger partial charge in [0.1, 0.15) is 5.01 Å². The second-order valence-electron chi connectivity index (χ2n) is 5.47. The lowest BCUT2D eigenvalue weighted by Gasteiger charge is -2.05. The molecular formula is C16H18N4OS. The van der Waals surface area contributed by atoms with Crippen LogP contribution in [0, 0.1) is 0 Å². The SMILES string of the molecule is CC(C)c1nnc(NC(=O)CCn2ccc3ccccc32)s1. The molecule has 0 fully saturated rings. The first-order chi connectivity index (χ1) is 10.6. The van der Waals surface area contributed by atoms with Crippen LogP contribution >= 0.6 is 11.3 Å². The molecular weight excluding hydrogens is 296 g/mol. The van der Waals surface area contributed by atoms with E-state index in [2.05, 4.69) is 52.1 Å². The molecule has 0 bridgehead atoms. The number of amides is 1. The number of hydrogen-bond donors (Lipinski definition) is 1. The maximum absolute atomic E-state index is 12.0. The number of carbonyl (C=O) groups is 1. The summed E-state index contributed by atoms with van der Waals surface area (Å²) in [5.74, 6) is 0.290. The van der Waals surface area contributed by atoms with Crippen LogP contribution in [0.15, 0.2) is 36.5 Å². The summed E-state index contributed by atoms with van der Waals surface area (Å²) in [5, 5.41) is 13.6. The van der Waals surface area contributed by atoms with E-state index in [0.717, 1.165) is 10.5 Å². The molecule has 0 unspecified atom stereocenters. The number of fused-ring (bicyclic) bond motifs is 1. The van der Waals surface area contributed by atoms with Crippen LogP contribution < -0.4 is 5.32 Å². The lowest BCUT2D eigenvalue weighted by molar-refractivity contribution is -0.116. The average molecular weight is 314 g/mol. The molecule has 0 aliphatic heterocycles. The monoisotopic (exact) mass is 314 g/mol. The molecule has 1 amide bonds. The Kier molecular flexibility index (Phi) is 4.20. The van der Waals surface area contributed by atoms with Crippen molar-refractivity contribution in [3.8, 4) is 0 Å². The fourth-order valence-corrected chi connectivity index (χ4v) is 3.02. The van der Waals surface area contributed by atoms with E-state index in [4.69, 9.17) is 0 Å². The molecule has 0 aliphatic carbocycles. The molecule has 3 aromatic rings. The van der Waals surface area contributed by atoms with Crippen molar-refractivity contribution in [1.82, 2.24) is 14.8 Å². The number of aromatic nitrogens is 3. The van der Waals surface area contributed by atoms with Crippen molar-refractivity contribution in [2.75, 3.05) is 5.32 Å². The normalized spacial score (nSPS) is 11.2. The number of rotatable bonds is 5. The van der Waals surface area contributed by atoms with Crippen molar-refractivity contribution in [3.63, 3.8) is 0 Å². The third-order valence-corrected chi connectivity index (χ3v) is 4.58. The molecule has 1 aromatic carbocycles. The molecule has 3 rings (SSSR count). The van der Waals surface area contributed by atoms with Crippen molar-refractivity contribution >= 4 is 33.3 Å². The van der Waals surface area contributed by atoms with E-state index in [1.807, 2.05) is 18.3 Å². The molecule has 0 aliphatic rings. The summed E-state index contributed by atoms with van der Waals surface area (Å²) in [6.45, 7) is 4.77. The first kappa shape index (κ1) is 14.7. The standard InChI is InChI=1S/C16H18N4OS/c1-11(2)15-18-19-16(22-15)17-14(21)8-10-20-9-7-12-5-3-4-6-13(12)20/h3-7,9,11H,8,10H2,1-2H3,(H,17,19,21). The van der Waals surface area contributed by atoms with Gasteiger partial charge in [-0.25, -0.2) is 0 Å². The van der Waals surface area contributed by atoms with Gasteiger partial charge in [0, 0.05) is 30.6 Å². The van der Waals surface area contributed by atoms with E-state index >= 15 is 0 Å². The van der Waals surface area contributed by atoms with Gasteiger partial charge in [-0.3, -0.25) is 4.79 Å². The maximum atomic E-state index is 12.0. The van der Waals surface area contributed by atoms with Gasteiger partial charge in [-0.05, 0) is 17.5 Å².